The molecule has 4 heteroatoms. The molecule has 9 heavy (non-hydrogen) atoms. The van der Waals surface area contributed by atoms with Gasteiger partial charge in [-0.2, -0.15) is 0 Å². The lowest BCUT2D eigenvalue weighted by molar-refractivity contribution is -0.138. The Labute approximate surface area is 61.2 Å². The van der Waals surface area contributed by atoms with Gasteiger partial charge in [0.2, 0.25) is 0 Å². The first-order chi connectivity index (χ1) is 4.16. The maximum atomic E-state index is 12.2. The van der Waals surface area contributed by atoms with E-state index in [1.54, 1.807) is 0 Å². The van der Waals surface area contributed by atoms with Gasteiger partial charge in [-0.25, -0.2) is 4.39 Å². The lowest BCUT2D eigenvalue weighted by Crippen LogP contribution is -2.08. The maximum absolute atomic E-state index is 12.2. The normalized spacial score (nSPS) is 13.1. The third-order valence-corrected chi connectivity index (χ3v) is 1.28. The van der Waals surface area contributed by atoms with E-state index in [4.69, 9.17) is 5.11 Å². The molecule has 0 radical (unpaired) electrons. The first kappa shape index (κ1) is 8.88. The van der Waals surface area contributed by atoms with E-state index in [9.17, 15) is 9.18 Å². The number of halogens is 2. The largest absolute Gasteiger partial charge is 0.481 e. The van der Waals surface area contributed by atoms with Gasteiger partial charge in [0.1, 0.15) is 6.17 Å². The molecule has 2 nitrogen and oxygen atoms in total. The van der Waals surface area contributed by atoms with Crippen LogP contribution in [0.15, 0.2) is 0 Å². The molecule has 0 rings (SSSR count). The van der Waals surface area contributed by atoms with Crippen LogP contribution in [0.3, 0.4) is 0 Å². The van der Waals surface area contributed by atoms with Gasteiger partial charge in [0.15, 0.2) is 0 Å². The number of rotatable bonds is 4. The second-order valence-corrected chi connectivity index (χ2v) is 2.47. The number of aliphatic carboxylic acids is 1. The summed E-state index contributed by atoms with van der Waals surface area (Å²) in [6.45, 7) is 0. The Bertz CT molecular complexity index is 97.0. The van der Waals surface area contributed by atoms with Gasteiger partial charge >= 0.3 is 5.97 Å². The highest BCUT2D eigenvalue weighted by molar-refractivity contribution is 9.09. The van der Waals surface area contributed by atoms with Gasteiger partial charge in [0.25, 0.3) is 0 Å². The quantitative estimate of drug-likeness (QED) is 0.698. The van der Waals surface area contributed by atoms with E-state index in [1.807, 2.05) is 0 Å². The first-order valence-electron chi connectivity index (χ1n) is 2.58. The predicted molar refractivity (Wildman–Crippen MR) is 35.6 cm³/mol. The van der Waals surface area contributed by atoms with Crippen LogP contribution in [0, 0.1) is 0 Å². The fourth-order valence-electron chi connectivity index (χ4n) is 0.410. The standard InChI is InChI=1S/C5H8BrFO2/c6-2-1-4(7)3-5(8)9/h4H,1-3H2,(H,8,9). The van der Waals surface area contributed by atoms with Crippen LogP contribution >= 0.6 is 15.9 Å². The monoisotopic (exact) mass is 198 g/mol. The number of hydrogen-bond donors (Lipinski definition) is 1. The molecule has 0 heterocycles. The number of carbonyl (C=O) groups is 1. The van der Waals surface area contributed by atoms with Gasteiger partial charge in [-0.05, 0) is 6.42 Å². The molecule has 54 valence electrons. The summed E-state index contributed by atoms with van der Waals surface area (Å²) < 4.78 is 12.2. The van der Waals surface area contributed by atoms with Crippen LogP contribution in [0.25, 0.3) is 0 Å². The van der Waals surface area contributed by atoms with Gasteiger partial charge in [-0.3, -0.25) is 4.79 Å². The minimum atomic E-state index is -1.21. The number of alkyl halides is 2. The van der Waals surface area contributed by atoms with Crippen molar-refractivity contribution in [3.05, 3.63) is 0 Å². The van der Waals surface area contributed by atoms with E-state index in [2.05, 4.69) is 15.9 Å². The molecule has 1 unspecified atom stereocenters. The molecule has 0 amide bonds. The zero-order chi connectivity index (χ0) is 7.28. The summed E-state index contributed by atoms with van der Waals surface area (Å²) in [4.78, 5) is 9.83. The van der Waals surface area contributed by atoms with Crippen molar-refractivity contribution in [2.75, 3.05) is 5.33 Å². The minimum Gasteiger partial charge on any atom is -0.481 e. The first-order valence-corrected chi connectivity index (χ1v) is 3.70. The van der Waals surface area contributed by atoms with Gasteiger partial charge < -0.3 is 5.11 Å². The highest BCUT2D eigenvalue weighted by atomic mass is 79.9. The van der Waals surface area contributed by atoms with Crippen molar-refractivity contribution >= 4 is 21.9 Å². The van der Waals surface area contributed by atoms with Crippen LogP contribution < -0.4 is 0 Å². The molecule has 1 N–H and O–H groups in total. The lowest BCUT2D eigenvalue weighted by Gasteiger charge is -1.99. The second kappa shape index (κ2) is 4.73. The van der Waals surface area contributed by atoms with Crippen LogP contribution in [0.4, 0.5) is 4.39 Å². The van der Waals surface area contributed by atoms with E-state index < -0.39 is 12.1 Å². The lowest BCUT2D eigenvalue weighted by atomic mass is 10.2. The van der Waals surface area contributed by atoms with Gasteiger partial charge in [0, 0.05) is 5.33 Å². The summed E-state index contributed by atoms with van der Waals surface area (Å²) in [5.41, 5.74) is 0. The average molecular weight is 199 g/mol. The van der Waals surface area contributed by atoms with Crippen molar-refractivity contribution in [1.82, 2.24) is 0 Å². The Kier molecular flexibility index (Phi) is 4.67. The molecule has 0 saturated heterocycles. The molecule has 0 spiro atoms. The second-order valence-electron chi connectivity index (χ2n) is 1.67. The predicted octanol–water partition coefficient (Wildman–Crippen LogP) is 1.58. The van der Waals surface area contributed by atoms with Crippen molar-refractivity contribution in [3.63, 3.8) is 0 Å². The molecule has 0 aromatic carbocycles. The molecular weight excluding hydrogens is 191 g/mol. The van der Waals surface area contributed by atoms with Gasteiger partial charge in [-0.15, -0.1) is 0 Å². The Morgan fingerprint density at radius 1 is 1.78 bits per heavy atom. The molecule has 0 bridgehead atoms. The van der Waals surface area contributed by atoms with Crippen molar-refractivity contribution in [2.24, 2.45) is 0 Å². The SMILES string of the molecule is O=C(O)CC(F)CCBr. The highest BCUT2D eigenvalue weighted by Crippen LogP contribution is 2.04. The summed E-state index contributed by atoms with van der Waals surface area (Å²) >= 11 is 3.01. The molecule has 1 atom stereocenters. The van der Waals surface area contributed by atoms with Crippen LogP contribution in [0.2, 0.25) is 0 Å². The summed E-state index contributed by atoms with van der Waals surface area (Å²) in [6.07, 6.45) is -1.32. The summed E-state index contributed by atoms with van der Waals surface area (Å²) in [5, 5.41) is 8.57. The van der Waals surface area contributed by atoms with E-state index >= 15 is 0 Å². The van der Waals surface area contributed by atoms with E-state index in [0.29, 0.717) is 5.33 Å². The van der Waals surface area contributed by atoms with Gasteiger partial charge in [0.05, 0.1) is 6.42 Å². The number of hydrogen-bond acceptors (Lipinski definition) is 1. The highest BCUT2D eigenvalue weighted by Gasteiger charge is 2.09. The van der Waals surface area contributed by atoms with Crippen LogP contribution in [0.1, 0.15) is 12.8 Å². The number of carboxylic acids is 1. The van der Waals surface area contributed by atoms with E-state index in [-0.39, 0.29) is 12.8 Å². The maximum Gasteiger partial charge on any atom is 0.306 e. The third-order valence-electron chi connectivity index (χ3n) is 0.818. The summed E-state index contributed by atoms with van der Waals surface area (Å²) in [7, 11) is 0. The van der Waals surface area contributed by atoms with Crippen molar-refractivity contribution in [2.45, 2.75) is 19.0 Å². The molecule has 0 aliphatic carbocycles. The topological polar surface area (TPSA) is 37.3 Å². The van der Waals surface area contributed by atoms with Crippen molar-refractivity contribution in [3.8, 4) is 0 Å². The zero-order valence-electron chi connectivity index (χ0n) is 4.81. The Hall–Kier alpha value is -0.120. The van der Waals surface area contributed by atoms with Crippen molar-refractivity contribution < 1.29 is 14.3 Å². The Balaban J connectivity index is 3.26. The minimum absolute atomic E-state index is 0.270. The fraction of sp³-hybridized carbons (Fsp3) is 0.800. The molecule has 0 aromatic rings. The third kappa shape index (κ3) is 5.76. The molecular formula is C5H8BrFO2. The number of carboxylic acid groups (broad SMARTS) is 1. The Morgan fingerprint density at radius 2 is 2.33 bits per heavy atom. The van der Waals surface area contributed by atoms with Crippen LogP contribution in [-0.2, 0) is 4.79 Å². The van der Waals surface area contributed by atoms with Crippen LogP contribution in [0.5, 0.6) is 0 Å². The zero-order valence-corrected chi connectivity index (χ0v) is 6.40. The average Bonchev–Trinajstić information content (AvgIpc) is 1.63. The van der Waals surface area contributed by atoms with E-state index in [0.717, 1.165) is 0 Å². The molecule has 0 aliphatic heterocycles. The summed E-state index contributed by atoms with van der Waals surface area (Å²) in [5.74, 6) is -1.08. The Morgan fingerprint density at radius 3 is 2.67 bits per heavy atom. The molecule has 0 aromatic heterocycles. The van der Waals surface area contributed by atoms with Crippen LogP contribution in [-0.4, -0.2) is 22.6 Å². The molecule has 0 aliphatic rings. The van der Waals surface area contributed by atoms with Gasteiger partial charge in [-0.1, -0.05) is 15.9 Å². The summed E-state index contributed by atoms with van der Waals surface area (Å²) in [6, 6.07) is 0. The fourth-order valence-corrected chi connectivity index (χ4v) is 0.907. The smallest absolute Gasteiger partial charge is 0.306 e. The molecule has 0 saturated carbocycles. The van der Waals surface area contributed by atoms with Crippen molar-refractivity contribution in [1.29, 1.82) is 0 Å². The van der Waals surface area contributed by atoms with E-state index in [1.165, 1.54) is 0 Å². The molecule has 0 fully saturated rings.